The average Bonchev–Trinajstić information content (AvgIpc) is 3.90. The Hall–Kier alpha value is -5.49. The summed E-state index contributed by atoms with van der Waals surface area (Å²) in [6.45, 7) is 8.27. The van der Waals surface area contributed by atoms with E-state index in [1.165, 1.54) is 4.90 Å². The van der Waals surface area contributed by atoms with E-state index in [0.717, 1.165) is 49.5 Å². The number of hydrogen-bond acceptors (Lipinski definition) is 13. The normalized spacial score (nSPS) is 16.1. The maximum absolute atomic E-state index is 13.9. The van der Waals surface area contributed by atoms with Gasteiger partial charge in [0.25, 0.3) is 0 Å². The second kappa shape index (κ2) is 22.4. The number of benzene rings is 3. The molecule has 0 radical (unpaired) electrons. The van der Waals surface area contributed by atoms with Crippen LogP contribution in [0.4, 0.5) is 5.69 Å². The van der Waals surface area contributed by atoms with Gasteiger partial charge in [-0.15, -0.1) is 11.3 Å². The third kappa shape index (κ3) is 13.3. The minimum atomic E-state index is -0.975. The molecule has 1 unspecified atom stereocenters. The van der Waals surface area contributed by atoms with Crippen molar-refractivity contribution in [2.45, 2.75) is 65.0 Å². The van der Waals surface area contributed by atoms with Gasteiger partial charge in [-0.1, -0.05) is 63.2 Å². The second-order valence-electron chi connectivity index (χ2n) is 17.1. The molecular formula is C48H60N6O9S. The lowest BCUT2D eigenvalue weighted by molar-refractivity contribution is -0.144. The molecule has 5 aromatic rings. The molecule has 0 aliphatic carbocycles. The fraction of sp³-hybridized carbons (Fsp3) is 0.438. The maximum atomic E-state index is 13.9. The van der Waals surface area contributed by atoms with E-state index in [0.29, 0.717) is 5.75 Å². The van der Waals surface area contributed by atoms with Gasteiger partial charge in [0.1, 0.15) is 37.2 Å². The summed E-state index contributed by atoms with van der Waals surface area (Å²) in [5.41, 5.74) is 7.88. The third-order valence-corrected chi connectivity index (χ3v) is 11.8. The van der Waals surface area contributed by atoms with Gasteiger partial charge in [0, 0.05) is 50.2 Å². The number of hydrogen-bond donors (Lipinski definition) is 4. The standard InChI is InChI=1S/C48H60N6O9S/c1-31-44(64-30-50-31)34-9-7-32(8-10-34)25-49-46(58)42-24-37(55)26-54(42)47(59)45(48(2,3)4)52-43(57)29-62-22-20-60-19-21-61-27-38(56)28-63-39-16-18-41-35(23-39)13-17-40(51-41)33-11-14-36(15-12-33)53(5)6/h7-18,23,30,37-38,42,45,55-56H,19-22,24-29H2,1-6H3,(H,49,58)(H,52,57)/t37-,38?,42+,45-/m1/s1. The molecule has 3 heterocycles. The van der Waals surface area contributed by atoms with Gasteiger partial charge in [-0.25, -0.2) is 9.97 Å². The van der Waals surface area contributed by atoms with Gasteiger partial charge in [-0.3, -0.25) is 14.4 Å². The Kier molecular flexibility index (Phi) is 16.8. The fourth-order valence-electron chi connectivity index (χ4n) is 7.23. The molecule has 64 heavy (non-hydrogen) atoms. The van der Waals surface area contributed by atoms with E-state index in [1.54, 1.807) is 11.3 Å². The van der Waals surface area contributed by atoms with Crippen LogP contribution in [0.3, 0.4) is 0 Å². The van der Waals surface area contributed by atoms with Crippen LogP contribution in [0.5, 0.6) is 5.75 Å². The number of aliphatic hydroxyl groups is 2. The number of aliphatic hydroxyl groups excluding tert-OH is 2. The summed E-state index contributed by atoms with van der Waals surface area (Å²) in [6.07, 6.45) is -1.63. The van der Waals surface area contributed by atoms with Crippen molar-refractivity contribution < 1.29 is 43.5 Å². The number of aromatic nitrogens is 2. The molecule has 2 aromatic heterocycles. The lowest BCUT2D eigenvalue weighted by Crippen LogP contribution is -2.58. The van der Waals surface area contributed by atoms with E-state index in [-0.39, 0.29) is 71.7 Å². The van der Waals surface area contributed by atoms with Crippen LogP contribution in [0.25, 0.3) is 32.6 Å². The van der Waals surface area contributed by atoms with Crippen molar-refractivity contribution >= 4 is 45.6 Å². The molecule has 1 aliphatic heterocycles. The minimum Gasteiger partial charge on any atom is -0.491 e. The zero-order valence-corrected chi connectivity index (χ0v) is 38.2. The molecule has 1 aliphatic rings. The number of pyridine rings is 1. The smallest absolute Gasteiger partial charge is 0.246 e. The van der Waals surface area contributed by atoms with Gasteiger partial charge in [0.15, 0.2) is 0 Å². The molecule has 4 N–H and O–H groups in total. The predicted octanol–water partition coefficient (Wildman–Crippen LogP) is 5.00. The molecule has 16 heteroatoms. The van der Waals surface area contributed by atoms with Crippen molar-refractivity contribution in [2.75, 3.05) is 71.8 Å². The van der Waals surface area contributed by atoms with Crippen molar-refractivity contribution in [3.8, 4) is 27.4 Å². The number of nitrogens with zero attached hydrogens (tertiary/aromatic N) is 4. The van der Waals surface area contributed by atoms with Crippen molar-refractivity contribution in [1.82, 2.24) is 25.5 Å². The van der Waals surface area contributed by atoms with Crippen molar-refractivity contribution in [3.05, 3.63) is 95.6 Å². The maximum Gasteiger partial charge on any atom is 0.246 e. The first-order valence-corrected chi connectivity index (χ1v) is 22.3. The zero-order chi connectivity index (χ0) is 45.8. The van der Waals surface area contributed by atoms with Gasteiger partial charge < -0.3 is 49.6 Å². The van der Waals surface area contributed by atoms with Crippen LogP contribution in [0.15, 0.2) is 84.4 Å². The van der Waals surface area contributed by atoms with Crippen LogP contribution in [0, 0.1) is 12.3 Å². The summed E-state index contributed by atoms with van der Waals surface area (Å²) in [6, 6.07) is 23.8. The number of amides is 3. The molecule has 0 saturated carbocycles. The van der Waals surface area contributed by atoms with Crippen molar-refractivity contribution in [3.63, 3.8) is 0 Å². The Bertz CT molecular complexity index is 2320. The van der Waals surface area contributed by atoms with E-state index in [9.17, 15) is 24.6 Å². The Morgan fingerprint density at radius 1 is 0.906 bits per heavy atom. The van der Waals surface area contributed by atoms with Crippen LogP contribution in [0.2, 0.25) is 0 Å². The van der Waals surface area contributed by atoms with Gasteiger partial charge in [0.05, 0.1) is 66.4 Å². The summed E-state index contributed by atoms with van der Waals surface area (Å²) in [4.78, 5) is 53.9. The monoisotopic (exact) mass is 896 g/mol. The second-order valence-corrected chi connectivity index (χ2v) is 18.0. The molecule has 0 spiro atoms. The number of likely N-dealkylation sites (tertiary alicyclic amines) is 1. The number of β-amino-alcohol motifs (C(OH)–C–C–N with tert-alkyl or cyclic N) is 1. The SMILES string of the molecule is Cc1ncsc1-c1ccc(CNC(=O)[C@@H]2C[C@@H](O)CN2C(=O)[C@@H](NC(=O)COCCOCCOCC(O)COc2ccc3nc(-c4ccc(N(C)C)cc4)ccc3c2)C(C)(C)C)cc1. The van der Waals surface area contributed by atoms with Crippen LogP contribution in [-0.4, -0.2) is 134 Å². The van der Waals surface area contributed by atoms with Crippen molar-refractivity contribution in [1.29, 1.82) is 0 Å². The predicted molar refractivity (Wildman–Crippen MR) is 247 cm³/mol. The summed E-state index contributed by atoms with van der Waals surface area (Å²) in [5.74, 6) is -0.712. The highest BCUT2D eigenvalue weighted by Gasteiger charge is 2.44. The number of anilines is 1. The number of ether oxygens (including phenoxy) is 4. The molecule has 3 aromatic carbocycles. The van der Waals surface area contributed by atoms with Gasteiger partial charge in [0.2, 0.25) is 17.7 Å². The Morgan fingerprint density at radius 2 is 1.61 bits per heavy atom. The lowest BCUT2D eigenvalue weighted by Gasteiger charge is -2.35. The molecule has 1 saturated heterocycles. The number of carbonyl (C=O) groups excluding carboxylic acids is 3. The van der Waals surface area contributed by atoms with Gasteiger partial charge in [-0.05, 0) is 59.9 Å². The molecule has 342 valence electrons. The Balaban J connectivity index is 0.848. The summed E-state index contributed by atoms with van der Waals surface area (Å²) in [5, 5.41) is 27.6. The molecule has 0 bridgehead atoms. The minimum absolute atomic E-state index is 0.0223. The van der Waals surface area contributed by atoms with Crippen LogP contribution < -0.4 is 20.3 Å². The fourth-order valence-corrected chi connectivity index (χ4v) is 8.04. The van der Waals surface area contributed by atoms with Crippen LogP contribution in [0.1, 0.15) is 38.4 Å². The number of aryl methyl sites for hydroxylation is 1. The summed E-state index contributed by atoms with van der Waals surface area (Å²) >= 11 is 1.57. The van der Waals surface area contributed by atoms with Crippen LogP contribution in [-0.2, 0) is 35.1 Å². The highest BCUT2D eigenvalue weighted by atomic mass is 32.1. The molecule has 4 atom stereocenters. The van der Waals surface area contributed by atoms with Crippen LogP contribution >= 0.6 is 11.3 Å². The third-order valence-electron chi connectivity index (χ3n) is 10.8. The highest BCUT2D eigenvalue weighted by molar-refractivity contribution is 7.13. The van der Waals surface area contributed by atoms with E-state index in [1.807, 2.05) is 102 Å². The number of rotatable bonds is 21. The Labute approximate surface area is 378 Å². The molecule has 1 fully saturated rings. The van der Waals surface area contributed by atoms with Gasteiger partial charge in [-0.2, -0.15) is 0 Å². The largest absolute Gasteiger partial charge is 0.491 e. The Morgan fingerprint density at radius 3 is 2.30 bits per heavy atom. The molecule has 3 amide bonds. The number of thiazole rings is 1. The molecular weight excluding hydrogens is 837 g/mol. The first kappa shape index (κ1) is 48.0. The van der Waals surface area contributed by atoms with E-state index < -0.39 is 41.5 Å². The first-order valence-electron chi connectivity index (χ1n) is 21.4. The highest BCUT2D eigenvalue weighted by Crippen LogP contribution is 2.29. The average molecular weight is 897 g/mol. The quantitative estimate of drug-likeness (QED) is 0.0725. The summed E-state index contributed by atoms with van der Waals surface area (Å²) < 4.78 is 22.4. The van der Waals surface area contributed by atoms with Crippen molar-refractivity contribution in [2.24, 2.45) is 5.41 Å². The molecule has 6 rings (SSSR count). The first-order chi connectivity index (χ1) is 30.7. The lowest BCUT2D eigenvalue weighted by atomic mass is 9.85. The van der Waals surface area contributed by atoms with E-state index >= 15 is 0 Å². The number of carbonyl (C=O) groups is 3. The summed E-state index contributed by atoms with van der Waals surface area (Å²) in [7, 11) is 4.02. The number of nitrogens with one attached hydrogen (secondary N) is 2. The number of fused-ring (bicyclic) bond motifs is 1. The topological polar surface area (TPSA) is 185 Å². The van der Waals surface area contributed by atoms with E-state index in [4.69, 9.17) is 23.9 Å². The zero-order valence-electron chi connectivity index (χ0n) is 37.4. The van der Waals surface area contributed by atoms with E-state index in [2.05, 4.69) is 44.8 Å². The van der Waals surface area contributed by atoms with Gasteiger partial charge >= 0.3 is 0 Å². The molecule has 15 nitrogen and oxygen atoms in total.